The number of halogens is 3. The number of aryl methyl sites for hydroxylation is 2. The van der Waals surface area contributed by atoms with Crippen LogP contribution in [0.2, 0.25) is 0 Å². The number of hydrogen-bond donors (Lipinski definition) is 2. The molecule has 0 radical (unpaired) electrons. The van der Waals surface area contributed by atoms with Gasteiger partial charge in [-0.15, -0.1) is 0 Å². The van der Waals surface area contributed by atoms with Crippen molar-refractivity contribution in [3.05, 3.63) is 59.2 Å². The number of nitrogens with zero attached hydrogens (tertiary/aromatic N) is 1. The molecule has 2 heterocycles. The molecule has 0 aromatic heterocycles. The Hall–Kier alpha value is -2.54. The normalized spacial score (nSPS) is 19.5. The number of amides is 1. The Kier molecular flexibility index (Phi) is 5.02. The number of nitrogens with one attached hydrogen (secondary N) is 2. The monoisotopic (exact) mass is 389 g/mol. The molecule has 1 fully saturated rings. The molecule has 2 aromatic rings. The highest BCUT2D eigenvalue weighted by Crippen LogP contribution is 2.35. The van der Waals surface area contributed by atoms with Crippen LogP contribution in [0.15, 0.2) is 42.5 Å². The lowest BCUT2D eigenvalue weighted by atomic mass is 9.98. The maximum atomic E-state index is 13.2. The van der Waals surface area contributed by atoms with Crippen LogP contribution in [0, 0.1) is 0 Å². The van der Waals surface area contributed by atoms with Crippen LogP contribution < -0.4 is 15.5 Å². The van der Waals surface area contributed by atoms with E-state index >= 15 is 0 Å². The van der Waals surface area contributed by atoms with E-state index in [1.165, 1.54) is 6.07 Å². The third-order valence-corrected chi connectivity index (χ3v) is 5.42. The summed E-state index contributed by atoms with van der Waals surface area (Å²) >= 11 is 0. The van der Waals surface area contributed by atoms with E-state index in [0.717, 1.165) is 42.6 Å². The largest absolute Gasteiger partial charge is 0.416 e. The van der Waals surface area contributed by atoms with E-state index in [1.807, 2.05) is 18.2 Å². The third-order valence-electron chi connectivity index (χ3n) is 5.42. The number of alkyl halides is 3. The Labute approximate surface area is 161 Å². The fraction of sp³-hybridized carbons (Fsp3) is 0.381. The van der Waals surface area contributed by atoms with Gasteiger partial charge < -0.3 is 15.5 Å². The SMILES string of the molecule is O=C1CC2CNCCN2c2cc(CCc3ccccc3C(F)(F)F)ccc2N1. The van der Waals surface area contributed by atoms with E-state index < -0.39 is 11.7 Å². The van der Waals surface area contributed by atoms with Crippen molar-refractivity contribution in [1.29, 1.82) is 0 Å². The molecule has 1 saturated heterocycles. The van der Waals surface area contributed by atoms with Gasteiger partial charge in [-0.25, -0.2) is 0 Å². The molecule has 1 unspecified atom stereocenters. The summed E-state index contributed by atoms with van der Waals surface area (Å²) in [6.45, 7) is 2.39. The lowest BCUT2D eigenvalue weighted by molar-refractivity contribution is -0.138. The topological polar surface area (TPSA) is 44.4 Å². The second-order valence-electron chi connectivity index (χ2n) is 7.31. The van der Waals surface area contributed by atoms with E-state index in [2.05, 4.69) is 15.5 Å². The van der Waals surface area contributed by atoms with Crippen molar-refractivity contribution < 1.29 is 18.0 Å². The molecular weight excluding hydrogens is 367 g/mol. The summed E-state index contributed by atoms with van der Waals surface area (Å²) in [5.41, 5.74) is 2.43. The van der Waals surface area contributed by atoms with Crippen molar-refractivity contribution in [3.63, 3.8) is 0 Å². The fourth-order valence-corrected chi connectivity index (χ4v) is 4.05. The Balaban J connectivity index is 1.58. The van der Waals surface area contributed by atoms with Gasteiger partial charge >= 0.3 is 6.18 Å². The number of hydrogen-bond acceptors (Lipinski definition) is 3. The highest BCUT2D eigenvalue weighted by Gasteiger charge is 2.33. The van der Waals surface area contributed by atoms with Crippen LogP contribution in [-0.2, 0) is 23.8 Å². The van der Waals surface area contributed by atoms with Gasteiger partial charge in [-0.05, 0) is 42.2 Å². The number of fused-ring (bicyclic) bond motifs is 3. The highest BCUT2D eigenvalue weighted by atomic mass is 19.4. The van der Waals surface area contributed by atoms with Gasteiger partial charge in [0, 0.05) is 26.1 Å². The molecule has 2 aromatic carbocycles. The van der Waals surface area contributed by atoms with Gasteiger partial charge in [-0.1, -0.05) is 24.3 Å². The molecule has 28 heavy (non-hydrogen) atoms. The minimum Gasteiger partial charge on any atom is -0.364 e. The molecule has 2 aliphatic heterocycles. The third kappa shape index (κ3) is 3.85. The minimum atomic E-state index is -4.34. The average molecular weight is 389 g/mol. The van der Waals surface area contributed by atoms with Crippen LogP contribution in [-0.4, -0.2) is 31.6 Å². The predicted molar refractivity (Wildman–Crippen MR) is 103 cm³/mol. The molecule has 2 aliphatic rings. The molecule has 2 N–H and O–H groups in total. The van der Waals surface area contributed by atoms with Crippen LogP contribution in [0.3, 0.4) is 0 Å². The van der Waals surface area contributed by atoms with Crippen LogP contribution >= 0.6 is 0 Å². The summed E-state index contributed by atoms with van der Waals surface area (Å²) in [7, 11) is 0. The van der Waals surface area contributed by atoms with Gasteiger partial charge in [0.25, 0.3) is 0 Å². The summed E-state index contributed by atoms with van der Waals surface area (Å²) < 4.78 is 39.6. The Morgan fingerprint density at radius 3 is 2.75 bits per heavy atom. The second-order valence-corrected chi connectivity index (χ2v) is 7.31. The zero-order valence-corrected chi connectivity index (χ0v) is 15.4. The first-order valence-corrected chi connectivity index (χ1v) is 9.47. The zero-order valence-electron chi connectivity index (χ0n) is 15.4. The van der Waals surface area contributed by atoms with Crippen molar-refractivity contribution in [3.8, 4) is 0 Å². The quantitative estimate of drug-likeness (QED) is 0.843. The maximum Gasteiger partial charge on any atom is 0.416 e. The summed E-state index contributed by atoms with van der Waals surface area (Å²) in [5, 5.41) is 6.27. The molecule has 1 amide bonds. The van der Waals surface area contributed by atoms with Crippen molar-refractivity contribution in [2.75, 3.05) is 29.9 Å². The van der Waals surface area contributed by atoms with Gasteiger partial charge in [0.1, 0.15) is 0 Å². The lowest BCUT2D eigenvalue weighted by Crippen LogP contribution is -2.51. The zero-order chi connectivity index (χ0) is 19.7. The molecule has 7 heteroatoms. The van der Waals surface area contributed by atoms with E-state index in [0.29, 0.717) is 24.8 Å². The smallest absolute Gasteiger partial charge is 0.364 e. The van der Waals surface area contributed by atoms with Crippen LogP contribution in [0.4, 0.5) is 24.5 Å². The molecule has 4 rings (SSSR count). The van der Waals surface area contributed by atoms with Crippen LogP contribution in [0.25, 0.3) is 0 Å². The molecule has 0 saturated carbocycles. The Morgan fingerprint density at radius 2 is 1.93 bits per heavy atom. The van der Waals surface area contributed by atoms with E-state index in [1.54, 1.807) is 12.1 Å². The van der Waals surface area contributed by atoms with E-state index in [-0.39, 0.29) is 11.9 Å². The van der Waals surface area contributed by atoms with Crippen LogP contribution in [0.1, 0.15) is 23.1 Å². The van der Waals surface area contributed by atoms with Crippen LogP contribution in [0.5, 0.6) is 0 Å². The summed E-state index contributed by atoms with van der Waals surface area (Å²) in [6, 6.07) is 11.6. The van der Waals surface area contributed by atoms with E-state index in [9.17, 15) is 18.0 Å². The summed E-state index contributed by atoms with van der Waals surface area (Å²) in [4.78, 5) is 14.4. The predicted octanol–water partition coefficient (Wildman–Crippen LogP) is 3.61. The van der Waals surface area contributed by atoms with Crippen molar-refractivity contribution >= 4 is 17.3 Å². The minimum absolute atomic E-state index is 0.00990. The highest BCUT2D eigenvalue weighted by molar-refractivity contribution is 5.97. The molecule has 0 bridgehead atoms. The second kappa shape index (κ2) is 7.47. The van der Waals surface area contributed by atoms with Gasteiger partial charge in [-0.2, -0.15) is 13.2 Å². The molecular formula is C21H22F3N3O. The number of rotatable bonds is 3. The first kappa shape index (κ1) is 18.8. The standard InChI is InChI=1S/C21H22F3N3O/c22-21(23,24)17-4-2-1-3-15(17)7-5-14-6-8-18-19(11-14)27-10-9-25-13-16(27)12-20(28)26-18/h1-4,6,8,11,16,25H,5,7,9-10,12-13H2,(H,26,28). The van der Waals surface area contributed by atoms with Crippen molar-refractivity contribution in [2.45, 2.75) is 31.5 Å². The summed E-state index contributed by atoms with van der Waals surface area (Å²) in [6.07, 6.45) is -3.10. The number of piperazine rings is 1. The number of anilines is 2. The average Bonchev–Trinajstić information content (AvgIpc) is 2.81. The van der Waals surface area contributed by atoms with Gasteiger partial charge in [0.2, 0.25) is 5.91 Å². The van der Waals surface area contributed by atoms with Crippen molar-refractivity contribution in [1.82, 2.24) is 5.32 Å². The Morgan fingerprint density at radius 1 is 1.11 bits per heavy atom. The Bertz CT molecular complexity index is 881. The first-order valence-electron chi connectivity index (χ1n) is 9.47. The van der Waals surface area contributed by atoms with Gasteiger partial charge in [0.05, 0.1) is 23.0 Å². The van der Waals surface area contributed by atoms with E-state index in [4.69, 9.17) is 0 Å². The number of carbonyl (C=O) groups excluding carboxylic acids is 1. The fourth-order valence-electron chi connectivity index (χ4n) is 4.05. The lowest BCUT2D eigenvalue weighted by Gasteiger charge is -2.36. The number of carbonyl (C=O) groups is 1. The van der Waals surface area contributed by atoms with Gasteiger partial charge in [0.15, 0.2) is 0 Å². The molecule has 148 valence electrons. The molecule has 0 spiro atoms. The maximum absolute atomic E-state index is 13.2. The van der Waals surface area contributed by atoms with Crippen molar-refractivity contribution in [2.24, 2.45) is 0 Å². The van der Waals surface area contributed by atoms with Gasteiger partial charge in [-0.3, -0.25) is 4.79 Å². The first-order chi connectivity index (χ1) is 13.4. The summed E-state index contributed by atoms with van der Waals surface area (Å²) in [5.74, 6) is -0.00990. The molecule has 1 atom stereocenters. The molecule has 0 aliphatic carbocycles. The number of benzene rings is 2. The molecule has 4 nitrogen and oxygen atoms in total.